The lowest BCUT2D eigenvalue weighted by atomic mass is 10.1. The van der Waals surface area contributed by atoms with Crippen molar-refractivity contribution in [3.05, 3.63) is 24.0 Å². The number of H-pyrrole nitrogens is 1. The van der Waals surface area contributed by atoms with E-state index in [0.717, 1.165) is 13.1 Å². The zero-order chi connectivity index (χ0) is 25.0. The molecule has 4 N–H and O–H groups in total. The van der Waals surface area contributed by atoms with E-state index in [1.54, 1.807) is 37.8 Å². The number of amides is 3. The van der Waals surface area contributed by atoms with E-state index >= 15 is 0 Å². The SMILES string of the molecule is CN1CCN(C(=O)C[C@H](NC(=O)OC(C)(C)C)C(=O)Nc2ccc3[nH]c(C(=O)O)nc3c2)CC1. The zero-order valence-electron chi connectivity index (χ0n) is 19.7. The van der Waals surface area contributed by atoms with Crippen LogP contribution in [0.5, 0.6) is 0 Å². The van der Waals surface area contributed by atoms with Crippen molar-refractivity contribution in [2.24, 2.45) is 0 Å². The molecule has 0 aliphatic carbocycles. The van der Waals surface area contributed by atoms with Crippen molar-refractivity contribution in [3.8, 4) is 0 Å². The lowest BCUT2D eigenvalue weighted by Gasteiger charge is -2.33. The first kappa shape index (κ1) is 25.0. The van der Waals surface area contributed by atoms with Crippen molar-refractivity contribution in [3.63, 3.8) is 0 Å². The molecule has 12 heteroatoms. The van der Waals surface area contributed by atoms with Crippen LogP contribution in [0, 0.1) is 0 Å². The minimum Gasteiger partial charge on any atom is -0.475 e. The molecule has 0 bridgehead atoms. The van der Waals surface area contributed by atoms with Gasteiger partial charge in [0.1, 0.15) is 11.6 Å². The second-order valence-electron chi connectivity index (χ2n) is 9.20. The number of carbonyl (C=O) groups excluding carboxylic acids is 3. The number of hydrogen-bond donors (Lipinski definition) is 4. The van der Waals surface area contributed by atoms with Crippen molar-refractivity contribution >= 4 is 40.6 Å². The zero-order valence-corrected chi connectivity index (χ0v) is 19.7. The average molecular weight is 475 g/mol. The monoisotopic (exact) mass is 474 g/mol. The van der Waals surface area contributed by atoms with Gasteiger partial charge in [0.25, 0.3) is 0 Å². The molecule has 1 aliphatic rings. The summed E-state index contributed by atoms with van der Waals surface area (Å²) in [6.07, 6.45) is -1.05. The Bertz CT molecular complexity index is 1080. The Kier molecular flexibility index (Phi) is 7.40. The fourth-order valence-corrected chi connectivity index (χ4v) is 3.43. The van der Waals surface area contributed by atoms with Crippen molar-refractivity contribution in [2.45, 2.75) is 38.8 Å². The molecule has 0 unspecified atom stereocenters. The number of fused-ring (bicyclic) bond motifs is 1. The number of nitrogens with zero attached hydrogens (tertiary/aromatic N) is 3. The third-order valence-corrected chi connectivity index (χ3v) is 5.20. The Balaban J connectivity index is 1.74. The van der Waals surface area contributed by atoms with Crippen LogP contribution in [-0.2, 0) is 14.3 Å². The van der Waals surface area contributed by atoms with E-state index in [2.05, 4.69) is 25.5 Å². The molecule has 1 saturated heterocycles. The summed E-state index contributed by atoms with van der Waals surface area (Å²) in [6, 6.07) is 3.47. The number of aromatic carboxylic acids is 1. The number of carbonyl (C=O) groups is 4. The maximum atomic E-state index is 13.1. The van der Waals surface area contributed by atoms with Gasteiger partial charge < -0.3 is 35.3 Å². The van der Waals surface area contributed by atoms with Gasteiger partial charge in [-0.05, 0) is 46.0 Å². The van der Waals surface area contributed by atoms with Gasteiger partial charge in [-0.2, -0.15) is 0 Å². The van der Waals surface area contributed by atoms with E-state index in [0.29, 0.717) is 29.8 Å². The molecule has 0 spiro atoms. The summed E-state index contributed by atoms with van der Waals surface area (Å²) < 4.78 is 5.26. The van der Waals surface area contributed by atoms with Gasteiger partial charge in [0.05, 0.1) is 17.5 Å². The first-order chi connectivity index (χ1) is 15.9. The minimum atomic E-state index is -1.20. The molecule has 2 heterocycles. The predicted molar refractivity (Wildman–Crippen MR) is 124 cm³/mol. The number of nitrogens with one attached hydrogen (secondary N) is 3. The van der Waals surface area contributed by atoms with E-state index in [4.69, 9.17) is 9.84 Å². The van der Waals surface area contributed by atoms with Crippen molar-refractivity contribution in [1.29, 1.82) is 0 Å². The summed E-state index contributed by atoms with van der Waals surface area (Å²) >= 11 is 0. The molecule has 34 heavy (non-hydrogen) atoms. The highest BCUT2D eigenvalue weighted by Crippen LogP contribution is 2.18. The summed E-state index contributed by atoms with van der Waals surface area (Å²) in [6.45, 7) is 7.62. The molecule has 12 nitrogen and oxygen atoms in total. The van der Waals surface area contributed by atoms with Crippen molar-refractivity contribution in [1.82, 2.24) is 25.1 Å². The normalized spacial score (nSPS) is 15.6. The third-order valence-electron chi connectivity index (χ3n) is 5.20. The summed E-state index contributed by atoms with van der Waals surface area (Å²) in [5, 5.41) is 14.3. The molecule has 1 aliphatic heterocycles. The topological polar surface area (TPSA) is 157 Å². The smallest absolute Gasteiger partial charge is 0.408 e. The molecule has 184 valence electrons. The molecule has 0 radical (unpaired) electrons. The van der Waals surface area contributed by atoms with Crippen LogP contribution < -0.4 is 10.6 Å². The van der Waals surface area contributed by atoms with Gasteiger partial charge in [0, 0.05) is 31.9 Å². The van der Waals surface area contributed by atoms with Crippen LogP contribution in [0.1, 0.15) is 37.8 Å². The summed E-state index contributed by atoms with van der Waals surface area (Å²) in [4.78, 5) is 59.8. The number of rotatable bonds is 6. The molecule has 0 saturated carbocycles. The van der Waals surface area contributed by atoms with Crippen LogP contribution in [0.4, 0.5) is 10.5 Å². The molecule has 1 fully saturated rings. The maximum Gasteiger partial charge on any atom is 0.408 e. The summed E-state index contributed by atoms with van der Waals surface area (Å²) in [5.74, 6) is -2.29. The molecule has 1 aromatic carbocycles. The first-order valence-electron chi connectivity index (χ1n) is 10.9. The van der Waals surface area contributed by atoms with E-state index in [-0.39, 0.29) is 18.2 Å². The quantitative estimate of drug-likeness (QED) is 0.487. The van der Waals surface area contributed by atoms with E-state index in [9.17, 15) is 19.2 Å². The third kappa shape index (κ3) is 6.67. The van der Waals surface area contributed by atoms with Gasteiger partial charge in [-0.15, -0.1) is 0 Å². The van der Waals surface area contributed by atoms with Crippen LogP contribution in [-0.4, -0.2) is 93.6 Å². The van der Waals surface area contributed by atoms with Crippen LogP contribution in [0.2, 0.25) is 0 Å². The Morgan fingerprint density at radius 3 is 2.47 bits per heavy atom. The highest BCUT2D eigenvalue weighted by atomic mass is 16.6. The summed E-state index contributed by atoms with van der Waals surface area (Å²) in [7, 11) is 1.97. The predicted octanol–water partition coefficient (Wildman–Crippen LogP) is 1.26. The van der Waals surface area contributed by atoms with E-state index < -0.39 is 29.6 Å². The van der Waals surface area contributed by atoms with Gasteiger partial charge >= 0.3 is 12.1 Å². The molecule has 2 aromatic rings. The second-order valence-corrected chi connectivity index (χ2v) is 9.20. The molecular formula is C22H30N6O6. The fourth-order valence-electron chi connectivity index (χ4n) is 3.43. The Hall–Kier alpha value is -3.67. The highest BCUT2D eigenvalue weighted by molar-refractivity contribution is 6.00. The number of anilines is 1. The number of hydrogen-bond acceptors (Lipinski definition) is 7. The van der Waals surface area contributed by atoms with Crippen molar-refractivity contribution < 1.29 is 29.0 Å². The highest BCUT2D eigenvalue weighted by Gasteiger charge is 2.29. The first-order valence-corrected chi connectivity index (χ1v) is 10.9. The molecule has 1 aromatic heterocycles. The van der Waals surface area contributed by atoms with E-state index in [1.807, 2.05) is 7.05 Å². The average Bonchev–Trinajstić information content (AvgIpc) is 3.16. The molecule has 1 atom stereocenters. The van der Waals surface area contributed by atoms with Crippen LogP contribution in [0.15, 0.2) is 18.2 Å². The number of alkyl carbamates (subject to hydrolysis) is 1. The van der Waals surface area contributed by atoms with Gasteiger partial charge in [-0.3, -0.25) is 9.59 Å². The molecule has 3 rings (SSSR count). The number of likely N-dealkylation sites (N-methyl/N-ethyl adjacent to an activating group) is 1. The number of benzene rings is 1. The maximum absolute atomic E-state index is 13.1. The van der Waals surface area contributed by atoms with Crippen LogP contribution >= 0.6 is 0 Å². The number of aromatic nitrogens is 2. The van der Waals surface area contributed by atoms with Gasteiger partial charge in [-0.1, -0.05) is 0 Å². The number of aromatic amines is 1. The Morgan fingerprint density at radius 1 is 1.18 bits per heavy atom. The lowest BCUT2D eigenvalue weighted by Crippen LogP contribution is -2.51. The number of carboxylic acids is 1. The van der Waals surface area contributed by atoms with Gasteiger partial charge in [0.2, 0.25) is 17.6 Å². The van der Waals surface area contributed by atoms with Crippen LogP contribution in [0.25, 0.3) is 11.0 Å². The lowest BCUT2D eigenvalue weighted by molar-refractivity contribution is -0.135. The van der Waals surface area contributed by atoms with Gasteiger partial charge in [-0.25, -0.2) is 14.6 Å². The number of carboxylic acid groups (broad SMARTS) is 1. The molecule has 3 amide bonds. The van der Waals surface area contributed by atoms with E-state index in [1.165, 1.54) is 6.07 Å². The largest absolute Gasteiger partial charge is 0.475 e. The van der Waals surface area contributed by atoms with Gasteiger partial charge in [0.15, 0.2) is 0 Å². The van der Waals surface area contributed by atoms with Crippen LogP contribution in [0.3, 0.4) is 0 Å². The second kappa shape index (κ2) is 10.1. The number of ether oxygens (including phenoxy) is 1. The molecular weight excluding hydrogens is 444 g/mol. The minimum absolute atomic E-state index is 0.222. The standard InChI is InChI=1S/C22H30N6O6/c1-22(2,3)34-21(33)26-16(12-17(29)28-9-7-27(4)8-10-28)19(30)23-13-5-6-14-15(11-13)25-18(24-14)20(31)32/h5-6,11,16H,7-10,12H2,1-4H3,(H,23,30)(H,24,25)(H,26,33)(H,31,32)/t16-/m0/s1. The number of imidazole rings is 1. The Morgan fingerprint density at radius 2 is 1.85 bits per heavy atom. The van der Waals surface area contributed by atoms with Crippen molar-refractivity contribution in [2.75, 3.05) is 38.5 Å². The Labute approximate surface area is 196 Å². The summed E-state index contributed by atoms with van der Waals surface area (Å²) in [5.41, 5.74) is 0.396. The number of piperazine rings is 1. The fraction of sp³-hybridized carbons (Fsp3) is 0.500.